The number of thioether (sulfide) groups is 1. The highest BCUT2D eigenvalue weighted by molar-refractivity contribution is 7.99. The predicted molar refractivity (Wildman–Crippen MR) is 105 cm³/mol. The van der Waals surface area contributed by atoms with E-state index in [1.807, 2.05) is 65.7 Å². The summed E-state index contributed by atoms with van der Waals surface area (Å²) in [6.45, 7) is 0.749. The van der Waals surface area contributed by atoms with Crippen LogP contribution in [-0.4, -0.2) is 37.8 Å². The number of thiophene rings is 1. The van der Waals surface area contributed by atoms with Crippen molar-refractivity contribution in [2.24, 2.45) is 7.05 Å². The highest BCUT2D eigenvalue weighted by Gasteiger charge is 2.20. The van der Waals surface area contributed by atoms with Gasteiger partial charge in [-0.15, -0.1) is 11.3 Å². The lowest BCUT2D eigenvalue weighted by Crippen LogP contribution is -2.35. The van der Waals surface area contributed by atoms with E-state index in [1.54, 1.807) is 11.1 Å². The SMILES string of the molecule is Cn1ccnc1SCC(=O)N(Cc1ccccc1)C[C@@H](O)c1cccs1. The quantitative estimate of drug-likeness (QED) is 0.602. The lowest BCUT2D eigenvalue weighted by atomic mass is 10.2. The fourth-order valence-corrected chi connectivity index (χ4v) is 4.08. The van der Waals surface area contributed by atoms with Crippen molar-refractivity contribution in [3.63, 3.8) is 0 Å². The van der Waals surface area contributed by atoms with Crippen molar-refractivity contribution in [3.05, 3.63) is 70.7 Å². The molecule has 2 aromatic heterocycles. The average molecular weight is 388 g/mol. The Hall–Kier alpha value is -2.09. The van der Waals surface area contributed by atoms with Gasteiger partial charge >= 0.3 is 0 Å². The van der Waals surface area contributed by atoms with Gasteiger partial charge in [0.15, 0.2) is 5.16 Å². The number of rotatable bonds is 8. The van der Waals surface area contributed by atoms with Crippen molar-refractivity contribution in [1.29, 1.82) is 0 Å². The number of carbonyl (C=O) groups excluding carboxylic acids is 1. The van der Waals surface area contributed by atoms with Crippen molar-refractivity contribution >= 4 is 29.0 Å². The van der Waals surface area contributed by atoms with Crippen molar-refractivity contribution in [1.82, 2.24) is 14.5 Å². The molecule has 0 fully saturated rings. The Morgan fingerprint density at radius 2 is 2.12 bits per heavy atom. The lowest BCUT2D eigenvalue weighted by Gasteiger charge is -2.25. The van der Waals surface area contributed by atoms with Crippen LogP contribution in [0.3, 0.4) is 0 Å². The molecule has 0 unspecified atom stereocenters. The lowest BCUT2D eigenvalue weighted by molar-refractivity contribution is -0.130. The molecule has 0 aliphatic heterocycles. The normalized spacial score (nSPS) is 12.1. The second-order valence-corrected chi connectivity index (χ2v) is 7.82. The minimum Gasteiger partial charge on any atom is -0.386 e. The number of aliphatic hydroxyl groups is 1. The summed E-state index contributed by atoms with van der Waals surface area (Å²) in [5.74, 6) is 0.270. The standard InChI is InChI=1S/C19H21N3O2S2/c1-21-10-9-20-19(21)26-14-18(24)22(12-15-6-3-2-4-7-15)13-16(23)17-8-5-11-25-17/h2-11,16,23H,12-14H2,1H3/t16-/m1/s1. The van der Waals surface area contributed by atoms with E-state index in [1.165, 1.54) is 23.1 Å². The Labute approximate surface area is 161 Å². The summed E-state index contributed by atoms with van der Waals surface area (Å²) in [6, 6.07) is 13.6. The van der Waals surface area contributed by atoms with Crippen molar-refractivity contribution in [2.75, 3.05) is 12.3 Å². The van der Waals surface area contributed by atoms with Gasteiger partial charge in [0.05, 0.1) is 12.3 Å². The number of aliphatic hydroxyl groups excluding tert-OH is 1. The first-order chi connectivity index (χ1) is 12.6. The zero-order valence-electron chi connectivity index (χ0n) is 14.5. The number of aryl methyl sites for hydroxylation is 1. The van der Waals surface area contributed by atoms with Crippen LogP contribution < -0.4 is 0 Å². The highest BCUT2D eigenvalue weighted by Crippen LogP contribution is 2.22. The molecule has 1 amide bonds. The van der Waals surface area contributed by atoms with Gasteiger partial charge in [0, 0.05) is 30.9 Å². The Balaban J connectivity index is 1.68. The summed E-state index contributed by atoms with van der Waals surface area (Å²) >= 11 is 2.90. The highest BCUT2D eigenvalue weighted by atomic mass is 32.2. The third-order valence-corrected chi connectivity index (χ3v) is 5.95. The van der Waals surface area contributed by atoms with E-state index >= 15 is 0 Å². The smallest absolute Gasteiger partial charge is 0.233 e. The van der Waals surface area contributed by atoms with E-state index in [4.69, 9.17) is 0 Å². The number of carbonyl (C=O) groups is 1. The molecular weight excluding hydrogens is 366 g/mol. The molecule has 136 valence electrons. The van der Waals surface area contributed by atoms with E-state index < -0.39 is 6.10 Å². The molecule has 3 rings (SSSR count). The predicted octanol–water partition coefficient (Wildman–Crippen LogP) is 3.34. The molecule has 0 bridgehead atoms. The van der Waals surface area contributed by atoms with Crippen LogP contribution in [0.4, 0.5) is 0 Å². The Bertz CT molecular complexity index is 818. The van der Waals surface area contributed by atoms with Gasteiger partial charge in [-0.05, 0) is 17.0 Å². The fourth-order valence-electron chi connectivity index (χ4n) is 2.55. The van der Waals surface area contributed by atoms with Crippen LogP contribution in [0.5, 0.6) is 0 Å². The van der Waals surface area contributed by atoms with Crippen LogP contribution in [0.1, 0.15) is 16.5 Å². The third kappa shape index (κ3) is 4.97. The largest absolute Gasteiger partial charge is 0.386 e. The molecule has 1 aromatic carbocycles. The van der Waals surface area contributed by atoms with Gasteiger partial charge in [-0.1, -0.05) is 48.2 Å². The summed E-state index contributed by atoms with van der Waals surface area (Å²) in [5.41, 5.74) is 1.04. The van der Waals surface area contributed by atoms with E-state index in [9.17, 15) is 9.90 Å². The molecule has 0 aliphatic rings. The topological polar surface area (TPSA) is 58.4 Å². The van der Waals surface area contributed by atoms with Crippen LogP contribution in [0.15, 0.2) is 65.4 Å². The number of imidazole rings is 1. The Morgan fingerprint density at radius 3 is 2.77 bits per heavy atom. The van der Waals surface area contributed by atoms with Gasteiger partial charge in [0.1, 0.15) is 6.10 Å². The number of nitrogens with zero attached hydrogens (tertiary/aromatic N) is 3. The van der Waals surface area contributed by atoms with E-state index in [0.717, 1.165) is 15.6 Å². The number of hydrogen-bond donors (Lipinski definition) is 1. The Morgan fingerprint density at radius 1 is 1.31 bits per heavy atom. The van der Waals surface area contributed by atoms with Crippen LogP contribution in [-0.2, 0) is 18.4 Å². The molecule has 2 heterocycles. The van der Waals surface area contributed by atoms with Crippen molar-refractivity contribution in [2.45, 2.75) is 17.8 Å². The summed E-state index contributed by atoms with van der Waals surface area (Å²) in [4.78, 5) is 19.6. The molecule has 0 saturated carbocycles. The third-order valence-electron chi connectivity index (χ3n) is 3.94. The molecule has 1 atom stereocenters. The summed E-state index contributed by atoms with van der Waals surface area (Å²) in [5, 5.41) is 13.2. The summed E-state index contributed by atoms with van der Waals surface area (Å²) in [7, 11) is 1.90. The molecule has 0 spiro atoms. The molecule has 0 saturated heterocycles. The molecule has 26 heavy (non-hydrogen) atoms. The first kappa shape index (κ1) is 18.7. The Kier molecular flexibility index (Phi) is 6.49. The monoisotopic (exact) mass is 387 g/mol. The maximum Gasteiger partial charge on any atom is 0.233 e. The van der Waals surface area contributed by atoms with Crippen molar-refractivity contribution in [3.8, 4) is 0 Å². The minimum absolute atomic E-state index is 0.0162. The van der Waals surface area contributed by atoms with Gasteiger partial charge in [-0.2, -0.15) is 0 Å². The van der Waals surface area contributed by atoms with Gasteiger partial charge in [-0.3, -0.25) is 4.79 Å². The second kappa shape index (κ2) is 9.02. The van der Waals surface area contributed by atoms with E-state index in [2.05, 4.69) is 4.98 Å². The van der Waals surface area contributed by atoms with E-state index in [-0.39, 0.29) is 18.2 Å². The molecule has 3 aromatic rings. The maximum atomic E-state index is 12.8. The first-order valence-corrected chi connectivity index (χ1v) is 10.1. The van der Waals surface area contributed by atoms with Gasteiger partial charge < -0.3 is 14.6 Å². The van der Waals surface area contributed by atoms with Gasteiger partial charge in [-0.25, -0.2) is 4.98 Å². The molecule has 1 N–H and O–H groups in total. The zero-order chi connectivity index (χ0) is 18.4. The van der Waals surface area contributed by atoms with Gasteiger partial charge in [0.25, 0.3) is 0 Å². The van der Waals surface area contributed by atoms with E-state index in [0.29, 0.717) is 6.54 Å². The number of benzene rings is 1. The van der Waals surface area contributed by atoms with Crippen molar-refractivity contribution < 1.29 is 9.90 Å². The minimum atomic E-state index is -0.680. The zero-order valence-corrected chi connectivity index (χ0v) is 16.1. The molecule has 7 heteroatoms. The number of hydrogen-bond acceptors (Lipinski definition) is 5. The summed E-state index contributed by atoms with van der Waals surface area (Å²) in [6.07, 6.45) is 2.89. The number of aromatic nitrogens is 2. The van der Waals surface area contributed by atoms with Crippen LogP contribution in [0.25, 0.3) is 0 Å². The molecule has 5 nitrogen and oxygen atoms in total. The first-order valence-electron chi connectivity index (χ1n) is 8.27. The average Bonchev–Trinajstić information content (AvgIpc) is 3.32. The molecule has 0 aliphatic carbocycles. The summed E-state index contributed by atoms with van der Waals surface area (Å²) < 4.78 is 1.89. The maximum absolute atomic E-state index is 12.8. The van der Waals surface area contributed by atoms with Crippen LogP contribution in [0, 0.1) is 0 Å². The fraction of sp³-hybridized carbons (Fsp3) is 0.263. The number of amides is 1. The van der Waals surface area contributed by atoms with Crippen LogP contribution >= 0.6 is 23.1 Å². The molecule has 0 radical (unpaired) electrons. The molecular formula is C19H21N3O2S2. The van der Waals surface area contributed by atoms with Gasteiger partial charge in [0.2, 0.25) is 5.91 Å². The van der Waals surface area contributed by atoms with Crippen LogP contribution in [0.2, 0.25) is 0 Å². The second-order valence-electron chi connectivity index (χ2n) is 5.90.